The third kappa shape index (κ3) is 6.34. The third-order valence-electron chi connectivity index (χ3n) is 11.5. The van der Waals surface area contributed by atoms with Crippen LogP contribution in [-0.4, -0.2) is 19.5 Å². The van der Waals surface area contributed by atoms with Crippen LogP contribution in [0.3, 0.4) is 0 Å². The van der Waals surface area contributed by atoms with Crippen LogP contribution in [0.5, 0.6) is 0 Å². The lowest BCUT2D eigenvalue weighted by Crippen LogP contribution is -2.07. The summed E-state index contributed by atoms with van der Waals surface area (Å²) in [5.41, 5.74) is 8.64. The molecule has 0 aliphatic heterocycles. The molecule has 0 unspecified atom stereocenters. The standard InChI is InChI=1S/C53H32N4S.C2H6.C2H4/c1-3-15-33(16-4-1)34-29-31-36(32-30-34)52-54-51(35-17-5-2-6-18-35)55-53(56-52)57-48-42(44-26-14-25-43-39-21-11-12-28-46(39)58-50(43)44)24-13-27-45(48)47-40-22-9-7-19-37(40)38-20-8-10-23-41(38)49(47)57;2*1-2/h1-32H;1-2H3;1-2H2. The third-order valence-corrected chi connectivity index (χ3v) is 12.7. The molecule has 12 aromatic rings. The Morgan fingerprint density at radius 3 is 1.52 bits per heavy atom. The van der Waals surface area contributed by atoms with Crippen molar-refractivity contribution in [1.29, 1.82) is 0 Å². The van der Waals surface area contributed by atoms with Crippen molar-refractivity contribution in [3.63, 3.8) is 0 Å². The lowest BCUT2D eigenvalue weighted by atomic mass is 9.95. The van der Waals surface area contributed by atoms with Crippen molar-refractivity contribution in [2.45, 2.75) is 13.8 Å². The number of nitrogens with zero attached hydrogens (tertiary/aromatic N) is 4. The van der Waals surface area contributed by atoms with E-state index >= 15 is 0 Å². The summed E-state index contributed by atoms with van der Waals surface area (Å²) in [4.78, 5) is 16.0. The molecule has 0 radical (unpaired) electrons. The Hall–Kier alpha value is -7.73. The number of rotatable bonds is 5. The molecule has 296 valence electrons. The predicted octanol–water partition coefficient (Wildman–Crippen LogP) is 16.1. The highest BCUT2D eigenvalue weighted by molar-refractivity contribution is 7.26. The summed E-state index contributed by atoms with van der Waals surface area (Å²) in [7, 11) is 0. The van der Waals surface area contributed by atoms with Crippen LogP contribution in [0.2, 0.25) is 0 Å². The molecule has 0 atom stereocenters. The Morgan fingerprint density at radius 2 is 0.839 bits per heavy atom. The summed E-state index contributed by atoms with van der Waals surface area (Å²) < 4.78 is 4.88. The molecule has 0 spiro atoms. The van der Waals surface area contributed by atoms with Crippen molar-refractivity contribution < 1.29 is 0 Å². The van der Waals surface area contributed by atoms with E-state index < -0.39 is 0 Å². The van der Waals surface area contributed by atoms with Gasteiger partial charge in [-0.3, -0.25) is 4.57 Å². The second-order valence-electron chi connectivity index (χ2n) is 14.7. The number of benzene rings is 9. The summed E-state index contributed by atoms with van der Waals surface area (Å²) >= 11 is 1.85. The summed E-state index contributed by atoms with van der Waals surface area (Å²) in [6, 6.07) is 69.0. The molecular weight excluding hydrogens is 773 g/mol. The SMILES string of the molecule is C=C.CC.c1ccc(-c2ccc(-c3nc(-c4ccccc4)nc(-n4c5c(-c6cccc7c6sc6ccccc67)cccc5c5c6ccccc6c6ccccc6c54)n3)cc2)cc1. The minimum Gasteiger partial charge on any atom is -0.277 e. The highest BCUT2D eigenvalue weighted by Crippen LogP contribution is 2.47. The zero-order chi connectivity index (χ0) is 42.2. The van der Waals surface area contributed by atoms with Crippen LogP contribution >= 0.6 is 11.3 Å². The van der Waals surface area contributed by atoms with Gasteiger partial charge in [0.2, 0.25) is 5.95 Å². The molecule has 0 N–H and O–H groups in total. The molecular formula is C57H42N4S. The fourth-order valence-corrected chi connectivity index (χ4v) is 10.1. The van der Waals surface area contributed by atoms with Gasteiger partial charge in [-0.05, 0) is 33.4 Å². The quantitative estimate of drug-likeness (QED) is 0.128. The lowest BCUT2D eigenvalue weighted by Gasteiger charge is -2.14. The molecule has 0 fully saturated rings. The molecule has 3 aromatic heterocycles. The average Bonchev–Trinajstić information content (AvgIpc) is 3.93. The van der Waals surface area contributed by atoms with Crippen molar-refractivity contribution in [2.24, 2.45) is 0 Å². The Kier molecular flexibility index (Phi) is 10.2. The zero-order valence-electron chi connectivity index (χ0n) is 34.6. The van der Waals surface area contributed by atoms with Crippen LogP contribution < -0.4 is 0 Å². The monoisotopic (exact) mass is 814 g/mol. The second kappa shape index (κ2) is 16.4. The molecule has 0 amide bonds. The zero-order valence-corrected chi connectivity index (χ0v) is 35.4. The van der Waals surface area contributed by atoms with Gasteiger partial charge < -0.3 is 0 Å². The summed E-state index contributed by atoms with van der Waals surface area (Å²) in [5, 5.41) is 9.65. The highest BCUT2D eigenvalue weighted by atomic mass is 32.1. The number of fused-ring (bicyclic) bond motifs is 11. The number of aromatic nitrogens is 4. The van der Waals surface area contributed by atoms with Gasteiger partial charge in [0.1, 0.15) is 0 Å². The van der Waals surface area contributed by atoms with Gasteiger partial charge in [0.15, 0.2) is 11.6 Å². The topological polar surface area (TPSA) is 43.6 Å². The van der Waals surface area contributed by atoms with Gasteiger partial charge in [0.05, 0.1) is 11.0 Å². The highest BCUT2D eigenvalue weighted by Gasteiger charge is 2.25. The Morgan fingerprint density at radius 1 is 0.371 bits per heavy atom. The van der Waals surface area contributed by atoms with E-state index in [1.54, 1.807) is 0 Å². The Balaban J connectivity index is 0.00000112. The number of hydrogen-bond donors (Lipinski definition) is 0. The molecule has 12 rings (SSSR count). The van der Waals surface area contributed by atoms with E-state index in [1.165, 1.54) is 52.8 Å². The van der Waals surface area contributed by atoms with E-state index in [2.05, 4.69) is 188 Å². The van der Waals surface area contributed by atoms with Gasteiger partial charge in [-0.1, -0.05) is 202 Å². The summed E-state index contributed by atoms with van der Waals surface area (Å²) in [6.07, 6.45) is 0. The second-order valence-corrected chi connectivity index (χ2v) is 15.8. The minimum absolute atomic E-state index is 0.576. The maximum absolute atomic E-state index is 5.44. The lowest BCUT2D eigenvalue weighted by molar-refractivity contribution is 0.955. The molecule has 5 heteroatoms. The van der Waals surface area contributed by atoms with Crippen molar-refractivity contribution in [1.82, 2.24) is 19.5 Å². The van der Waals surface area contributed by atoms with E-state index in [4.69, 9.17) is 15.0 Å². The first-order valence-corrected chi connectivity index (χ1v) is 21.9. The maximum atomic E-state index is 5.44. The van der Waals surface area contributed by atoms with Gasteiger partial charge in [-0.25, -0.2) is 4.98 Å². The Bertz CT molecular complexity index is 3570. The first kappa shape index (κ1) is 38.5. The van der Waals surface area contributed by atoms with Crippen LogP contribution in [0.15, 0.2) is 207 Å². The van der Waals surface area contributed by atoms with Crippen molar-refractivity contribution >= 4 is 74.9 Å². The van der Waals surface area contributed by atoms with E-state index in [9.17, 15) is 0 Å². The molecule has 62 heavy (non-hydrogen) atoms. The molecule has 3 heterocycles. The molecule has 4 nitrogen and oxygen atoms in total. The van der Waals surface area contributed by atoms with Crippen LogP contribution in [-0.2, 0) is 0 Å². The van der Waals surface area contributed by atoms with Crippen molar-refractivity contribution in [2.75, 3.05) is 0 Å². The molecule has 0 aliphatic carbocycles. The van der Waals surface area contributed by atoms with Crippen molar-refractivity contribution in [3.8, 4) is 51.0 Å². The minimum atomic E-state index is 0.576. The van der Waals surface area contributed by atoms with Crippen LogP contribution in [0.4, 0.5) is 0 Å². The largest absolute Gasteiger partial charge is 0.277 e. The number of hydrogen-bond acceptors (Lipinski definition) is 4. The van der Waals surface area contributed by atoms with Crippen LogP contribution in [0, 0.1) is 0 Å². The molecule has 9 aromatic carbocycles. The Labute approximate surface area is 364 Å². The predicted molar refractivity (Wildman–Crippen MR) is 266 cm³/mol. The van der Waals surface area contributed by atoms with E-state index in [-0.39, 0.29) is 0 Å². The van der Waals surface area contributed by atoms with E-state index in [0.29, 0.717) is 17.6 Å². The van der Waals surface area contributed by atoms with Gasteiger partial charge in [-0.15, -0.1) is 24.5 Å². The summed E-state index contributed by atoms with van der Waals surface area (Å²) in [5.74, 6) is 1.82. The fraction of sp³-hybridized carbons (Fsp3) is 0.0351. The van der Waals surface area contributed by atoms with Crippen molar-refractivity contribution in [3.05, 3.63) is 207 Å². The maximum Gasteiger partial charge on any atom is 0.238 e. The van der Waals surface area contributed by atoms with Gasteiger partial charge in [0.25, 0.3) is 0 Å². The van der Waals surface area contributed by atoms with E-state index in [1.807, 2.05) is 49.4 Å². The molecule has 0 saturated heterocycles. The normalized spacial score (nSPS) is 11.2. The van der Waals surface area contributed by atoms with Gasteiger partial charge in [-0.2, -0.15) is 9.97 Å². The first-order valence-electron chi connectivity index (χ1n) is 21.0. The summed E-state index contributed by atoms with van der Waals surface area (Å²) in [6.45, 7) is 10.0. The van der Waals surface area contributed by atoms with Gasteiger partial charge >= 0.3 is 0 Å². The smallest absolute Gasteiger partial charge is 0.238 e. The fourth-order valence-electron chi connectivity index (χ4n) is 8.85. The first-order chi connectivity index (χ1) is 30.8. The molecule has 0 saturated carbocycles. The average molecular weight is 815 g/mol. The van der Waals surface area contributed by atoms with Gasteiger partial charge in [0, 0.05) is 58.6 Å². The van der Waals surface area contributed by atoms with Crippen LogP contribution in [0.1, 0.15) is 13.8 Å². The van der Waals surface area contributed by atoms with Crippen LogP contribution in [0.25, 0.3) is 115 Å². The van der Waals surface area contributed by atoms with E-state index in [0.717, 1.165) is 44.1 Å². The number of thiophene rings is 1. The number of para-hydroxylation sites is 1. The molecule has 0 aliphatic rings. The molecule has 0 bridgehead atoms.